The second-order valence-corrected chi connectivity index (χ2v) is 5.17. The highest BCUT2D eigenvalue weighted by Crippen LogP contribution is 2.21. The van der Waals surface area contributed by atoms with Crippen molar-refractivity contribution in [3.05, 3.63) is 34.9 Å². The SMILES string of the molecule is CC(C)CN1CCc2ccc(C(=O)O)cc2C1. The van der Waals surface area contributed by atoms with E-state index in [2.05, 4.69) is 18.7 Å². The third kappa shape index (κ3) is 2.86. The number of carboxylic acid groups (broad SMARTS) is 1. The van der Waals surface area contributed by atoms with E-state index in [1.165, 1.54) is 11.1 Å². The third-order valence-corrected chi connectivity index (χ3v) is 3.17. The zero-order valence-electron chi connectivity index (χ0n) is 10.4. The molecule has 0 aromatic heterocycles. The molecule has 0 radical (unpaired) electrons. The van der Waals surface area contributed by atoms with Gasteiger partial charge < -0.3 is 5.11 Å². The van der Waals surface area contributed by atoms with Gasteiger partial charge >= 0.3 is 5.97 Å². The summed E-state index contributed by atoms with van der Waals surface area (Å²) in [6, 6.07) is 5.49. The monoisotopic (exact) mass is 233 g/mol. The Balaban J connectivity index is 2.17. The Bertz CT molecular complexity index is 426. The standard InChI is InChI=1S/C14H19NO2/c1-10(2)8-15-6-5-11-3-4-12(14(16)17)7-13(11)9-15/h3-4,7,10H,5-6,8-9H2,1-2H3,(H,16,17). The number of carbonyl (C=O) groups is 1. The molecule has 0 spiro atoms. The van der Waals surface area contributed by atoms with Crippen LogP contribution in [0.5, 0.6) is 0 Å². The highest BCUT2D eigenvalue weighted by atomic mass is 16.4. The fourth-order valence-electron chi connectivity index (χ4n) is 2.42. The highest BCUT2D eigenvalue weighted by Gasteiger charge is 2.18. The van der Waals surface area contributed by atoms with Crippen molar-refractivity contribution in [2.75, 3.05) is 13.1 Å². The van der Waals surface area contributed by atoms with Gasteiger partial charge in [-0.25, -0.2) is 4.79 Å². The van der Waals surface area contributed by atoms with Gasteiger partial charge in [0, 0.05) is 19.6 Å². The molecule has 1 aromatic rings. The van der Waals surface area contributed by atoms with Crippen LogP contribution in [0, 0.1) is 5.92 Å². The lowest BCUT2D eigenvalue weighted by atomic mass is 9.97. The molecule has 2 rings (SSSR count). The van der Waals surface area contributed by atoms with E-state index in [0.29, 0.717) is 11.5 Å². The van der Waals surface area contributed by atoms with Crippen LogP contribution in [0.3, 0.4) is 0 Å². The molecular weight excluding hydrogens is 214 g/mol. The van der Waals surface area contributed by atoms with E-state index in [0.717, 1.165) is 26.1 Å². The summed E-state index contributed by atoms with van der Waals surface area (Å²) in [5.41, 5.74) is 2.88. The van der Waals surface area contributed by atoms with Gasteiger partial charge in [-0.1, -0.05) is 19.9 Å². The Morgan fingerprint density at radius 1 is 1.41 bits per heavy atom. The van der Waals surface area contributed by atoms with Crippen molar-refractivity contribution >= 4 is 5.97 Å². The molecule has 0 bridgehead atoms. The van der Waals surface area contributed by atoms with Crippen LogP contribution in [0.25, 0.3) is 0 Å². The van der Waals surface area contributed by atoms with Crippen molar-refractivity contribution in [3.8, 4) is 0 Å². The van der Waals surface area contributed by atoms with E-state index >= 15 is 0 Å². The largest absolute Gasteiger partial charge is 0.478 e. The molecule has 1 aromatic carbocycles. The molecule has 0 atom stereocenters. The van der Waals surface area contributed by atoms with Crippen LogP contribution in [-0.4, -0.2) is 29.1 Å². The van der Waals surface area contributed by atoms with Crippen LogP contribution in [0.4, 0.5) is 0 Å². The molecule has 3 heteroatoms. The number of hydrogen-bond donors (Lipinski definition) is 1. The van der Waals surface area contributed by atoms with Gasteiger partial charge in [0.15, 0.2) is 0 Å². The van der Waals surface area contributed by atoms with Crippen molar-refractivity contribution in [1.82, 2.24) is 4.90 Å². The maximum atomic E-state index is 10.9. The van der Waals surface area contributed by atoms with Gasteiger partial charge in [-0.15, -0.1) is 0 Å². The average Bonchev–Trinajstić information content (AvgIpc) is 2.27. The van der Waals surface area contributed by atoms with Gasteiger partial charge in [-0.2, -0.15) is 0 Å². The molecule has 1 aliphatic rings. The summed E-state index contributed by atoms with van der Waals surface area (Å²) >= 11 is 0. The molecule has 3 nitrogen and oxygen atoms in total. The lowest BCUT2D eigenvalue weighted by Gasteiger charge is -2.30. The number of benzene rings is 1. The third-order valence-electron chi connectivity index (χ3n) is 3.17. The summed E-state index contributed by atoms with van der Waals surface area (Å²) in [6.45, 7) is 7.47. The van der Waals surface area contributed by atoms with Gasteiger partial charge in [0.2, 0.25) is 0 Å². The first-order valence-electron chi connectivity index (χ1n) is 6.13. The maximum absolute atomic E-state index is 10.9. The van der Waals surface area contributed by atoms with Crippen molar-refractivity contribution < 1.29 is 9.90 Å². The minimum atomic E-state index is -0.839. The number of aromatic carboxylic acids is 1. The normalized spacial score (nSPS) is 15.9. The van der Waals surface area contributed by atoms with Crippen LogP contribution in [-0.2, 0) is 13.0 Å². The fourth-order valence-corrected chi connectivity index (χ4v) is 2.42. The summed E-state index contributed by atoms with van der Waals surface area (Å²) in [7, 11) is 0. The number of hydrogen-bond acceptors (Lipinski definition) is 2. The number of fused-ring (bicyclic) bond motifs is 1. The molecule has 1 heterocycles. The summed E-state index contributed by atoms with van der Waals surface area (Å²) in [4.78, 5) is 13.3. The molecule has 0 aliphatic carbocycles. The van der Waals surface area contributed by atoms with Gasteiger partial charge in [-0.3, -0.25) is 4.90 Å². The summed E-state index contributed by atoms with van der Waals surface area (Å²) in [5.74, 6) is -0.187. The number of carboxylic acids is 1. The van der Waals surface area contributed by atoms with E-state index in [1.807, 2.05) is 12.1 Å². The minimum Gasteiger partial charge on any atom is -0.478 e. The second kappa shape index (κ2) is 4.88. The Labute approximate surface area is 102 Å². The Morgan fingerprint density at radius 2 is 2.18 bits per heavy atom. The molecule has 0 fully saturated rings. The van der Waals surface area contributed by atoms with Crippen molar-refractivity contribution in [1.29, 1.82) is 0 Å². The first-order chi connectivity index (χ1) is 8.06. The number of nitrogens with zero attached hydrogens (tertiary/aromatic N) is 1. The first-order valence-corrected chi connectivity index (χ1v) is 6.13. The smallest absolute Gasteiger partial charge is 0.335 e. The van der Waals surface area contributed by atoms with E-state index in [9.17, 15) is 4.79 Å². The zero-order chi connectivity index (χ0) is 12.4. The van der Waals surface area contributed by atoms with Crippen molar-refractivity contribution in [2.24, 2.45) is 5.92 Å². The molecule has 0 saturated heterocycles. The number of rotatable bonds is 3. The van der Waals surface area contributed by atoms with Crippen LogP contribution in [0.15, 0.2) is 18.2 Å². The summed E-state index contributed by atoms with van der Waals surface area (Å²) in [5, 5.41) is 8.98. The Morgan fingerprint density at radius 3 is 2.82 bits per heavy atom. The second-order valence-electron chi connectivity index (χ2n) is 5.17. The van der Waals surface area contributed by atoms with Crippen LogP contribution >= 0.6 is 0 Å². The Kier molecular flexibility index (Phi) is 3.48. The predicted molar refractivity (Wildman–Crippen MR) is 67.2 cm³/mol. The zero-order valence-corrected chi connectivity index (χ0v) is 10.4. The fraction of sp³-hybridized carbons (Fsp3) is 0.500. The summed E-state index contributed by atoms with van der Waals surface area (Å²) in [6.07, 6.45) is 1.03. The topological polar surface area (TPSA) is 40.5 Å². The molecule has 1 aliphatic heterocycles. The van der Waals surface area contributed by atoms with Gasteiger partial charge in [-0.05, 0) is 35.6 Å². The van der Waals surface area contributed by atoms with Gasteiger partial charge in [0.25, 0.3) is 0 Å². The van der Waals surface area contributed by atoms with Crippen molar-refractivity contribution in [2.45, 2.75) is 26.8 Å². The maximum Gasteiger partial charge on any atom is 0.335 e. The van der Waals surface area contributed by atoms with E-state index < -0.39 is 5.97 Å². The molecular formula is C14H19NO2. The highest BCUT2D eigenvalue weighted by molar-refractivity contribution is 5.87. The van der Waals surface area contributed by atoms with Crippen LogP contribution < -0.4 is 0 Å². The van der Waals surface area contributed by atoms with E-state index in [1.54, 1.807) is 6.07 Å². The minimum absolute atomic E-state index is 0.398. The average molecular weight is 233 g/mol. The molecule has 0 saturated carbocycles. The Hall–Kier alpha value is -1.35. The molecule has 0 amide bonds. The van der Waals surface area contributed by atoms with Crippen molar-refractivity contribution in [3.63, 3.8) is 0 Å². The molecule has 17 heavy (non-hydrogen) atoms. The molecule has 92 valence electrons. The predicted octanol–water partition coefficient (Wildman–Crippen LogP) is 2.40. The first kappa shape index (κ1) is 12.1. The summed E-state index contributed by atoms with van der Waals surface area (Å²) < 4.78 is 0. The van der Waals surface area contributed by atoms with Gasteiger partial charge in [0.1, 0.15) is 0 Å². The lowest BCUT2D eigenvalue weighted by molar-refractivity contribution is 0.0696. The van der Waals surface area contributed by atoms with Gasteiger partial charge in [0.05, 0.1) is 5.56 Å². The molecule has 1 N–H and O–H groups in total. The quantitative estimate of drug-likeness (QED) is 0.871. The lowest BCUT2D eigenvalue weighted by Crippen LogP contribution is -2.33. The van der Waals surface area contributed by atoms with E-state index in [4.69, 9.17) is 5.11 Å². The van der Waals surface area contributed by atoms with E-state index in [-0.39, 0.29) is 0 Å². The van der Waals surface area contributed by atoms with Crippen LogP contribution in [0.1, 0.15) is 35.3 Å². The molecule has 0 unspecified atom stereocenters. The van der Waals surface area contributed by atoms with Crippen LogP contribution in [0.2, 0.25) is 0 Å².